The zero-order chi connectivity index (χ0) is 25.4. The molecule has 180 valence electrons. The molecule has 3 heterocycles. The summed E-state index contributed by atoms with van der Waals surface area (Å²) in [5.41, 5.74) is -5.38. The van der Waals surface area contributed by atoms with Gasteiger partial charge >= 0.3 is 12.1 Å². The van der Waals surface area contributed by atoms with Crippen molar-refractivity contribution in [3.05, 3.63) is 29.3 Å². The first-order valence-corrected chi connectivity index (χ1v) is 10.3. The number of benzene rings is 1. The molecule has 1 aromatic carbocycles. The van der Waals surface area contributed by atoms with Crippen LogP contribution in [0.1, 0.15) is 31.9 Å². The smallest absolute Gasteiger partial charge is 0.417 e. The number of rotatable bonds is 3. The summed E-state index contributed by atoms with van der Waals surface area (Å²) in [6.07, 6.45) is -4.89. The van der Waals surface area contributed by atoms with Gasteiger partial charge in [-0.3, -0.25) is 19.2 Å². The highest BCUT2D eigenvalue weighted by molar-refractivity contribution is 6.23. The van der Waals surface area contributed by atoms with Gasteiger partial charge in [0, 0.05) is 6.92 Å². The highest BCUT2D eigenvalue weighted by Gasteiger charge is 2.81. The molecule has 0 spiro atoms. The van der Waals surface area contributed by atoms with Gasteiger partial charge in [0.2, 0.25) is 17.7 Å². The highest BCUT2D eigenvalue weighted by atomic mass is 19.4. The molecule has 3 saturated heterocycles. The molecule has 4 rings (SSSR count). The number of nitrogens with zero attached hydrogens (tertiary/aromatic N) is 2. The highest BCUT2D eigenvalue weighted by Crippen LogP contribution is 2.63. The molecule has 6 atom stereocenters. The normalized spacial score (nSPS) is 34.1. The summed E-state index contributed by atoms with van der Waals surface area (Å²) in [4.78, 5) is 52.1. The van der Waals surface area contributed by atoms with Crippen LogP contribution in [0.3, 0.4) is 0 Å². The molecular formula is C22H20F3N3O6. The number of methoxy groups -OCH3 is 1. The van der Waals surface area contributed by atoms with Crippen LogP contribution in [0.4, 0.5) is 18.9 Å². The number of esters is 1. The Balaban J connectivity index is 1.84. The lowest BCUT2D eigenvalue weighted by molar-refractivity contribution is -0.154. The lowest BCUT2D eigenvalue weighted by Gasteiger charge is -2.39. The molecule has 0 saturated carbocycles. The molecule has 0 aromatic heterocycles. The number of halogens is 3. The fraction of sp³-hybridized carbons (Fsp3) is 0.500. The Kier molecular flexibility index (Phi) is 5.06. The number of ether oxygens (including phenoxy) is 2. The van der Waals surface area contributed by atoms with E-state index in [1.54, 1.807) is 0 Å². The van der Waals surface area contributed by atoms with E-state index in [1.807, 2.05) is 0 Å². The van der Waals surface area contributed by atoms with Crippen molar-refractivity contribution in [1.82, 2.24) is 5.32 Å². The van der Waals surface area contributed by atoms with Crippen molar-refractivity contribution < 1.29 is 41.8 Å². The molecule has 0 aliphatic carbocycles. The van der Waals surface area contributed by atoms with Gasteiger partial charge in [-0.2, -0.15) is 18.4 Å². The van der Waals surface area contributed by atoms with Crippen molar-refractivity contribution in [2.24, 2.45) is 17.8 Å². The maximum absolute atomic E-state index is 13.5. The number of alkyl halides is 3. The molecule has 0 radical (unpaired) electrons. The number of nitriles is 1. The SMILES string of the molecule is COC(=O)[C@@H]1[C@@H](NC(C)=O)C2(C)OC1(C)[C@@H]1C(=O)N(c3ccc(C#N)c(C(F)(F)F)c3)C(=O)[C@@H]12. The molecule has 9 nitrogen and oxygen atoms in total. The molecule has 3 aliphatic rings. The van der Waals surface area contributed by atoms with E-state index in [2.05, 4.69) is 5.32 Å². The van der Waals surface area contributed by atoms with Crippen molar-refractivity contribution in [2.75, 3.05) is 12.0 Å². The number of imide groups is 1. The largest absolute Gasteiger partial charge is 0.469 e. The Morgan fingerprint density at radius 1 is 1.18 bits per heavy atom. The minimum atomic E-state index is -4.89. The third-order valence-electron chi connectivity index (χ3n) is 7.05. The third kappa shape index (κ3) is 2.96. The van der Waals surface area contributed by atoms with Gasteiger partial charge in [0.25, 0.3) is 0 Å². The Morgan fingerprint density at radius 3 is 2.26 bits per heavy atom. The molecule has 3 amide bonds. The van der Waals surface area contributed by atoms with E-state index in [4.69, 9.17) is 14.7 Å². The maximum Gasteiger partial charge on any atom is 0.417 e. The quantitative estimate of drug-likeness (QED) is 0.515. The minimum Gasteiger partial charge on any atom is -0.469 e. The number of anilines is 1. The number of carbonyl (C=O) groups excluding carboxylic acids is 4. The summed E-state index contributed by atoms with van der Waals surface area (Å²) in [6.45, 7) is 4.15. The number of fused-ring (bicyclic) bond motifs is 5. The van der Waals surface area contributed by atoms with Crippen LogP contribution in [0.5, 0.6) is 0 Å². The molecule has 2 unspecified atom stereocenters. The van der Waals surface area contributed by atoms with Gasteiger partial charge in [-0.25, -0.2) is 4.90 Å². The number of amides is 3. The summed E-state index contributed by atoms with van der Waals surface area (Å²) in [6, 6.07) is 2.97. The number of carbonyl (C=O) groups is 4. The minimum absolute atomic E-state index is 0.354. The number of nitrogens with one attached hydrogen (secondary N) is 1. The summed E-state index contributed by atoms with van der Waals surface area (Å²) < 4.78 is 51.4. The first kappa shape index (κ1) is 23.7. The van der Waals surface area contributed by atoms with Gasteiger partial charge in [0.1, 0.15) is 5.92 Å². The summed E-state index contributed by atoms with van der Waals surface area (Å²) in [7, 11) is 1.13. The van der Waals surface area contributed by atoms with Gasteiger partial charge < -0.3 is 14.8 Å². The van der Waals surface area contributed by atoms with E-state index in [0.29, 0.717) is 11.0 Å². The second-order valence-corrected chi connectivity index (χ2v) is 8.96. The Morgan fingerprint density at radius 2 is 1.76 bits per heavy atom. The lowest BCUT2D eigenvalue weighted by atomic mass is 9.61. The molecule has 1 aromatic rings. The Labute approximate surface area is 191 Å². The van der Waals surface area contributed by atoms with Crippen LogP contribution in [0.2, 0.25) is 0 Å². The van der Waals surface area contributed by atoms with E-state index >= 15 is 0 Å². The molecule has 1 N–H and O–H groups in total. The van der Waals surface area contributed by atoms with Crippen LogP contribution in [-0.4, -0.2) is 48.0 Å². The molecule has 3 fully saturated rings. The Bertz CT molecular complexity index is 1180. The molecular weight excluding hydrogens is 459 g/mol. The molecule has 12 heteroatoms. The topological polar surface area (TPSA) is 126 Å². The first-order chi connectivity index (χ1) is 15.7. The maximum atomic E-state index is 13.5. The number of hydrogen-bond acceptors (Lipinski definition) is 7. The molecule has 3 aliphatic heterocycles. The van der Waals surface area contributed by atoms with Crippen LogP contribution >= 0.6 is 0 Å². The monoisotopic (exact) mass is 479 g/mol. The second kappa shape index (κ2) is 7.27. The first-order valence-electron chi connectivity index (χ1n) is 10.3. The third-order valence-corrected chi connectivity index (χ3v) is 7.05. The van der Waals surface area contributed by atoms with Gasteiger partial charge in [-0.1, -0.05) is 0 Å². The number of hydrogen-bond donors (Lipinski definition) is 1. The van der Waals surface area contributed by atoms with E-state index < -0.39 is 76.0 Å². The zero-order valence-corrected chi connectivity index (χ0v) is 18.5. The second-order valence-electron chi connectivity index (χ2n) is 8.96. The van der Waals surface area contributed by atoms with Crippen molar-refractivity contribution in [1.29, 1.82) is 5.26 Å². The van der Waals surface area contributed by atoms with E-state index in [0.717, 1.165) is 19.2 Å². The lowest BCUT2D eigenvalue weighted by Crippen LogP contribution is -2.62. The van der Waals surface area contributed by atoms with E-state index in [1.165, 1.54) is 26.8 Å². The standard InChI is InChI=1S/C22H20F3N3O6/c1-9(29)27-16-15(19(32)33-4)20(2)13-14(21(16,3)34-20)18(31)28(17(13)30)11-6-5-10(8-26)12(7-11)22(23,24)25/h5-7,13-16H,1-4H3,(H,27,29)/t13-,14+,15-,16+,20?,21?/m0/s1. The fourth-order valence-electron chi connectivity index (χ4n) is 5.80. The predicted molar refractivity (Wildman–Crippen MR) is 107 cm³/mol. The summed E-state index contributed by atoms with van der Waals surface area (Å²) in [5, 5.41) is 11.7. The van der Waals surface area contributed by atoms with Gasteiger partial charge in [-0.15, -0.1) is 0 Å². The van der Waals surface area contributed by atoms with Crippen molar-refractivity contribution in [3.63, 3.8) is 0 Å². The van der Waals surface area contributed by atoms with Crippen LogP contribution in [0.15, 0.2) is 18.2 Å². The molecule has 2 bridgehead atoms. The molecule has 34 heavy (non-hydrogen) atoms. The summed E-state index contributed by atoms with van der Waals surface area (Å²) >= 11 is 0. The van der Waals surface area contributed by atoms with Gasteiger partial charge in [-0.05, 0) is 32.0 Å². The Hall–Kier alpha value is -3.46. The van der Waals surface area contributed by atoms with Crippen molar-refractivity contribution in [2.45, 2.75) is 44.2 Å². The van der Waals surface area contributed by atoms with E-state index in [-0.39, 0.29) is 5.69 Å². The van der Waals surface area contributed by atoms with Gasteiger partial charge in [0.15, 0.2) is 0 Å². The van der Waals surface area contributed by atoms with Crippen LogP contribution < -0.4 is 10.2 Å². The van der Waals surface area contributed by atoms with Crippen molar-refractivity contribution >= 4 is 29.4 Å². The van der Waals surface area contributed by atoms with Crippen LogP contribution in [-0.2, 0) is 34.8 Å². The summed E-state index contributed by atoms with van der Waals surface area (Å²) in [5.74, 6) is -6.45. The van der Waals surface area contributed by atoms with Gasteiger partial charge in [0.05, 0.1) is 59.1 Å². The predicted octanol–water partition coefficient (Wildman–Crippen LogP) is 1.54. The fourth-order valence-corrected chi connectivity index (χ4v) is 5.80. The average molecular weight is 479 g/mol. The van der Waals surface area contributed by atoms with Crippen LogP contribution in [0.25, 0.3) is 0 Å². The zero-order valence-electron chi connectivity index (χ0n) is 18.5. The van der Waals surface area contributed by atoms with Crippen LogP contribution in [0, 0.1) is 29.1 Å². The average Bonchev–Trinajstić information content (AvgIpc) is 3.25. The van der Waals surface area contributed by atoms with E-state index in [9.17, 15) is 32.3 Å². The van der Waals surface area contributed by atoms with Crippen molar-refractivity contribution in [3.8, 4) is 6.07 Å².